The molecule has 3 aromatic carbocycles. The van der Waals surface area contributed by atoms with E-state index in [1.54, 1.807) is 11.8 Å². The molecule has 2 aliphatic rings. The first-order valence-electron chi connectivity index (χ1n) is 12.2. The van der Waals surface area contributed by atoms with Gasteiger partial charge < -0.3 is 33.2 Å². The van der Waals surface area contributed by atoms with Gasteiger partial charge in [0.15, 0.2) is 0 Å². The number of hydrogen-bond acceptors (Lipinski definition) is 4. The van der Waals surface area contributed by atoms with Crippen molar-refractivity contribution in [2.75, 3.05) is 37.7 Å². The van der Waals surface area contributed by atoms with Crippen LogP contribution in [0.15, 0.2) is 60.7 Å². The number of ether oxygens (including phenoxy) is 1. The van der Waals surface area contributed by atoms with Crippen LogP contribution in [0.3, 0.4) is 0 Å². The van der Waals surface area contributed by atoms with E-state index in [9.17, 15) is 17.7 Å². The van der Waals surface area contributed by atoms with Crippen LogP contribution in [0, 0.1) is 6.92 Å². The van der Waals surface area contributed by atoms with Crippen LogP contribution >= 0.6 is 0 Å². The van der Waals surface area contributed by atoms with Gasteiger partial charge >= 0.3 is 64.5 Å². The fourth-order valence-corrected chi connectivity index (χ4v) is 5.33. The summed E-state index contributed by atoms with van der Waals surface area (Å²) in [6, 6.07) is 18.7. The van der Waals surface area contributed by atoms with Crippen LogP contribution in [0.5, 0.6) is 0 Å². The van der Waals surface area contributed by atoms with E-state index in [2.05, 4.69) is 24.3 Å². The van der Waals surface area contributed by atoms with Gasteiger partial charge in [0, 0.05) is 44.3 Å². The summed E-state index contributed by atoms with van der Waals surface area (Å²) >= 11 is 0. The maximum Gasteiger partial charge on any atom is 1.00 e. The quantitative estimate of drug-likeness (QED) is 0.507. The molecule has 10 heteroatoms. The summed E-state index contributed by atoms with van der Waals surface area (Å²) in [7, 11) is 0. The van der Waals surface area contributed by atoms with Crippen LogP contribution in [-0.2, 0) is 11.3 Å². The van der Waals surface area contributed by atoms with Crippen molar-refractivity contribution in [1.29, 1.82) is 0 Å². The molecule has 3 aromatic rings. The molecule has 2 N–H and O–H groups in total. The topological polar surface area (TPSA) is 58.8 Å². The van der Waals surface area contributed by atoms with Crippen molar-refractivity contribution in [2.45, 2.75) is 19.4 Å². The number of carbonyl (C=O) groups excluding carboxylic acids is 1. The van der Waals surface area contributed by atoms with E-state index in [1.165, 1.54) is 6.07 Å². The van der Waals surface area contributed by atoms with Crippen LogP contribution in [0.2, 0.25) is 0 Å². The number of amides is 1. The maximum atomic E-state index is 13.5. The minimum absolute atomic E-state index is 0. The Kier molecular flexibility index (Phi) is 8.77. The molecule has 1 heterocycles. The minimum atomic E-state index is -5.13. The molecular weight excluding hydrogens is 505 g/mol. The van der Waals surface area contributed by atoms with Crippen molar-refractivity contribution >= 4 is 24.2 Å². The predicted molar refractivity (Wildman–Crippen MR) is 137 cm³/mol. The van der Waals surface area contributed by atoms with Crippen molar-refractivity contribution in [3.8, 4) is 11.1 Å². The van der Waals surface area contributed by atoms with Gasteiger partial charge in [0.05, 0.1) is 0 Å². The summed E-state index contributed by atoms with van der Waals surface area (Å²) in [5.41, 5.74) is 11.5. The zero-order valence-electron chi connectivity index (χ0n) is 21.1. The van der Waals surface area contributed by atoms with E-state index in [4.69, 9.17) is 10.5 Å². The molecule has 0 spiro atoms. The standard InChI is InChI=1S/C27H28BF3N3O2.K/c1-18-19(16-32)14-20(28(29,30)31)15-26(18)33-10-12-34(13-11-33)27(35)36-17-25-23-8-4-2-6-21(23)22-7-3-5-9-24(22)25;/h2-9,14-15,25H,10-13,16-17,32H2,1H3;/q-1;+1. The van der Waals surface area contributed by atoms with Gasteiger partial charge in [0.2, 0.25) is 0 Å². The molecule has 5 nitrogen and oxygen atoms in total. The molecule has 0 atom stereocenters. The van der Waals surface area contributed by atoms with Gasteiger partial charge in [-0.15, -0.1) is 5.46 Å². The van der Waals surface area contributed by atoms with Crippen molar-refractivity contribution in [3.05, 3.63) is 82.9 Å². The molecular formula is C27H28BF3KN3O2. The molecule has 0 aromatic heterocycles. The summed E-state index contributed by atoms with van der Waals surface area (Å²) in [6.45, 7) is -1.48. The normalized spacial score (nSPS) is 15.2. The number of carbonyl (C=O) groups is 1. The Morgan fingerprint density at radius 3 is 2.08 bits per heavy atom. The Morgan fingerprint density at radius 1 is 0.973 bits per heavy atom. The van der Waals surface area contributed by atoms with E-state index in [0.29, 0.717) is 37.4 Å². The summed E-state index contributed by atoms with van der Waals surface area (Å²) < 4.78 is 46.2. The Labute approximate surface area is 257 Å². The second kappa shape index (κ2) is 11.5. The summed E-state index contributed by atoms with van der Waals surface area (Å²) in [6.07, 6.45) is -0.400. The van der Waals surface area contributed by atoms with Crippen LogP contribution in [-0.4, -0.2) is 50.8 Å². The molecule has 0 bridgehead atoms. The van der Waals surface area contributed by atoms with Gasteiger partial charge in [-0.1, -0.05) is 60.7 Å². The van der Waals surface area contributed by atoms with E-state index in [0.717, 1.165) is 33.9 Å². The molecule has 1 amide bonds. The van der Waals surface area contributed by atoms with Gasteiger partial charge in [-0.05, 0) is 40.3 Å². The fraction of sp³-hybridized carbons (Fsp3) is 0.296. The molecule has 1 saturated heterocycles. The van der Waals surface area contributed by atoms with Gasteiger partial charge in [-0.2, -0.15) is 0 Å². The van der Waals surface area contributed by atoms with E-state index >= 15 is 0 Å². The third-order valence-corrected chi connectivity index (χ3v) is 7.32. The smallest absolute Gasteiger partial charge is 0.448 e. The average molecular weight is 533 g/mol. The Balaban J connectivity index is 0.00000320. The molecule has 188 valence electrons. The van der Waals surface area contributed by atoms with Gasteiger partial charge in [0.1, 0.15) is 6.61 Å². The third kappa shape index (κ3) is 5.65. The number of halogens is 3. The Bertz CT molecular complexity index is 1250. The monoisotopic (exact) mass is 533 g/mol. The molecule has 0 radical (unpaired) electrons. The molecule has 1 aliphatic carbocycles. The number of nitrogens with two attached hydrogens (primary N) is 1. The van der Waals surface area contributed by atoms with E-state index in [-0.39, 0.29) is 70.5 Å². The van der Waals surface area contributed by atoms with E-state index < -0.39 is 18.5 Å². The number of rotatable bonds is 5. The fourth-order valence-electron chi connectivity index (χ4n) is 5.33. The summed E-state index contributed by atoms with van der Waals surface area (Å²) in [5, 5.41) is 0. The molecule has 1 fully saturated rings. The van der Waals surface area contributed by atoms with Crippen LogP contribution in [0.25, 0.3) is 11.1 Å². The number of benzene rings is 3. The Morgan fingerprint density at radius 2 is 1.54 bits per heavy atom. The molecule has 1 aliphatic heterocycles. The van der Waals surface area contributed by atoms with Crippen molar-refractivity contribution in [1.82, 2.24) is 4.90 Å². The summed E-state index contributed by atoms with van der Waals surface area (Å²) in [4.78, 5) is 16.4. The molecule has 37 heavy (non-hydrogen) atoms. The van der Waals surface area contributed by atoms with Crippen LogP contribution < -0.4 is 67.5 Å². The first-order valence-corrected chi connectivity index (χ1v) is 12.2. The number of anilines is 1. The van der Waals surface area contributed by atoms with E-state index in [1.807, 2.05) is 29.2 Å². The van der Waals surface area contributed by atoms with Crippen LogP contribution in [0.4, 0.5) is 23.4 Å². The van der Waals surface area contributed by atoms with Gasteiger partial charge in [-0.25, -0.2) is 4.79 Å². The zero-order chi connectivity index (χ0) is 25.4. The molecule has 0 saturated carbocycles. The molecule has 0 unspecified atom stereocenters. The predicted octanol–water partition coefficient (Wildman–Crippen LogP) is 1.58. The zero-order valence-corrected chi connectivity index (χ0v) is 24.2. The largest absolute Gasteiger partial charge is 1.00 e. The number of piperazine rings is 1. The summed E-state index contributed by atoms with van der Waals surface area (Å²) in [5.74, 6) is -0.0213. The number of hydrogen-bond donors (Lipinski definition) is 1. The second-order valence-electron chi connectivity index (χ2n) is 9.38. The third-order valence-electron chi connectivity index (χ3n) is 7.32. The van der Waals surface area contributed by atoms with Gasteiger partial charge in [0.25, 0.3) is 0 Å². The van der Waals surface area contributed by atoms with Gasteiger partial charge in [-0.3, -0.25) is 0 Å². The van der Waals surface area contributed by atoms with Crippen molar-refractivity contribution in [2.24, 2.45) is 5.73 Å². The average Bonchev–Trinajstić information content (AvgIpc) is 3.20. The maximum absolute atomic E-state index is 13.5. The number of fused-ring (bicyclic) bond motifs is 3. The first kappa shape index (κ1) is 28.2. The van der Waals surface area contributed by atoms with Crippen molar-refractivity contribution in [3.63, 3.8) is 0 Å². The minimum Gasteiger partial charge on any atom is -0.448 e. The Hall–Kier alpha value is -1.82. The second-order valence-corrected chi connectivity index (χ2v) is 9.38. The first-order chi connectivity index (χ1) is 17.3. The van der Waals surface area contributed by atoms with Crippen molar-refractivity contribution < 1.29 is 73.9 Å². The van der Waals surface area contributed by atoms with Crippen LogP contribution in [0.1, 0.15) is 28.2 Å². The SMILES string of the molecule is Cc1c(CN)cc([B-](F)(F)F)cc1N1CCN(C(=O)OCC2c3ccccc3-c3ccccc32)CC1.[K+]. The number of nitrogens with zero attached hydrogens (tertiary/aromatic N) is 2. The molecule has 5 rings (SSSR count).